The first-order valence-electron chi connectivity index (χ1n) is 26.4. The van der Waals surface area contributed by atoms with E-state index in [9.17, 15) is 52.7 Å². The molecule has 2 aromatic heterocycles. The van der Waals surface area contributed by atoms with Crippen molar-refractivity contribution in [2.45, 2.75) is 49.4 Å². The molecule has 0 atom stereocenters. The van der Waals surface area contributed by atoms with Crippen LogP contribution in [0.1, 0.15) is 69.5 Å². The molecule has 0 radical (unpaired) electrons. The zero-order chi connectivity index (χ0) is 58.6. The average molecular weight is 1180 g/mol. The second-order valence-corrected chi connectivity index (χ2v) is 23.6. The third-order valence-electron chi connectivity index (χ3n) is 16.6. The Bertz CT molecular complexity index is 4400. The molecule has 10 aromatic carbocycles. The Morgan fingerprint density at radius 3 is 1.04 bits per heavy atom. The number of benzene rings is 10. The lowest BCUT2D eigenvalue weighted by Crippen LogP contribution is -2.40. The van der Waals surface area contributed by atoms with E-state index < -0.39 is 57.8 Å². The van der Waals surface area contributed by atoms with E-state index in [4.69, 9.17) is 0 Å². The third-order valence-corrected chi connectivity index (χ3v) is 19.1. The smallest absolute Gasteiger partial charge is 0.309 e. The van der Waals surface area contributed by atoms with Crippen LogP contribution in [0.5, 0.6) is 0 Å². The number of thiophene rings is 2. The maximum absolute atomic E-state index is 14.8. The Labute approximate surface area is 479 Å². The van der Waals surface area contributed by atoms with E-state index in [1.807, 2.05) is 48.5 Å². The first-order chi connectivity index (χ1) is 40.0. The van der Waals surface area contributed by atoms with Crippen molar-refractivity contribution in [2.75, 3.05) is 9.80 Å². The molecule has 0 saturated carbocycles. The number of halogens is 12. The number of fused-ring (bicyclic) bond motifs is 15. The largest absolute Gasteiger partial charge is 0.417 e. The minimum atomic E-state index is -4.80. The summed E-state index contributed by atoms with van der Waals surface area (Å²) in [5.41, 5.74) is 2.49. The van der Waals surface area contributed by atoms with Gasteiger partial charge in [0.1, 0.15) is 0 Å². The molecule has 0 bridgehead atoms. The summed E-state index contributed by atoms with van der Waals surface area (Å²) in [4.78, 5) is 3.21. The number of alkyl halides is 12. The van der Waals surface area contributed by atoms with E-state index in [0.717, 1.165) is 92.5 Å². The summed E-state index contributed by atoms with van der Waals surface area (Å²) in [6, 6.07) is 54.3. The predicted molar refractivity (Wildman–Crippen MR) is 311 cm³/mol. The molecular weight excluding hydrogens is 1140 g/mol. The number of anilines is 6. The summed E-state index contributed by atoms with van der Waals surface area (Å²) in [6.07, 6.45) is -19.1. The lowest BCUT2D eigenvalue weighted by atomic mass is 9.55. The predicted octanol–water partition coefficient (Wildman–Crippen LogP) is 22.4. The maximum atomic E-state index is 14.8. The van der Waals surface area contributed by atoms with E-state index in [-0.39, 0.29) is 20.8 Å². The third kappa shape index (κ3) is 7.99. The Kier molecular flexibility index (Phi) is 11.7. The van der Waals surface area contributed by atoms with Gasteiger partial charge in [-0.1, -0.05) is 135 Å². The molecule has 0 unspecified atom stereocenters. The zero-order valence-electron chi connectivity index (χ0n) is 43.9. The van der Waals surface area contributed by atoms with Crippen molar-refractivity contribution in [3.8, 4) is 11.1 Å². The van der Waals surface area contributed by atoms with Gasteiger partial charge in [-0.25, -0.2) is 0 Å². The summed E-state index contributed by atoms with van der Waals surface area (Å²) in [5, 5.41) is 1.51. The highest BCUT2D eigenvalue weighted by molar-refractivity contribution is 7.27. The monoisotopic (exact) mass is 1180 g/mol. The van der Waals surface area contributed by atoms with Gasteiger partial charge in [-0.3, -0.25) is 0 Å². The fraction of sp³-hybridized carbons (Fsp3) is 0.118. The molecular formula is C68H40F12N2S2. The van der Waals surface area contributed by atoms with E-state index in [0.29, 0.717) is 64.8 Å². The fourth-order valence-corrected chi connectivity index (χ4v) is 15.7. The van der Waals surface area contributed by atoms with E-state index in [1.165, 1.54) is 36.4 Å². The van der Waals surface area contributed by atoms with E-state index in [1.54, 1.807) is 70.5 Å². The molecule has 0 N–H and O–H groups in total. The van der Waals surface area contributed by atoms with Crippen LogP contribution in [0.2, 0.25) is 0 Å². The Hall–Kier alpha value is -8.60. The summed E-state index contributed by atoms with van der Waals surface area (Å²) in [5.74, 6) is 0. The quantitative estimate of drug-likeness (QED) is 0.153. The van der Waals surface area contributed by atoms with Crippen molar-refractivity contribution in [1.82, 2.24) is 0 Å². The van der Waals surface area contributed by atoms with Crippen molar-refractivity contribution in [1.29, 1.82) is 0 Å². The Morgan fingerprint density at radius 1 is 0.310 bits per heavy atom. The average Bonchev–Trinajstić information content (AvgIpc) is 1.46. The summed E-state index contributed by atoms with van der Waals surface area (Å²) in [6.45, 7) is 4.28. The lowest BCUT2D eigenvalue weighted by molar-refractivity contribution is -0.138. The highest BCUT2D eigenvalue weighted by atomic mass is 32.1. The molecule has 12 aromatic rings. The fourth-order valence-electron chi connectivity index (χ4n) is 13.1. The topological polar surface area (TPSA) is 6.48 Å². The van der Waals surface area contributed by atoms with Crippen LogP contribution in [0.4, 0.5) is 86.8 Å². The minimum Gasteiger partial charge on any atom is -0.309 e. The number of hydrogen-bond donors (Lipinski definition) is 0. The summed E-state index contributed by atoms with van der Waals surface area (Å²) in [7, 11) is 0. The van der Waals surface area contributed by atoms with Gasteiger partial charge in [0.25, 0.3) is 0 Å². The molecule has 2 aliphatic rings. The molecule has 2 aliphatic carbocycles. The van der Waals surface area contributed by atoms with Crippen molar-refractivity contribution in [2.24, 2.45) is 0 Å². The number of hydrogen-bond acceptors (Lipinski definition) is 4. The molecule has 0 aliphatic heterocycles. The highest BCUT2D eigenvalue weighted by Gasteiger charge is 2.54. The molecule has 1 spiro atoms. The molecule has 84 heavy (non-hydrogen) atoms. The van der Waals surface area contributed by atoms with Crippen LogP contribution in [0.3, 0.4) is 0 Å². The van der Waals surface area contributed by atoms with Gasteiger partial charge in [0.2, 0.25) is 0 Å². The van der Waals surface area contributed by atoms with Crippen LogP contribution in [0.15, 0.2) is 206 Å². The van der Waals surface area contributed by atoms with Crippen molar-refractivity contribution < 1.29 is 52.7 Å². The number of rotatable bonds is 6. The SMILES string of the molecule is CC1(C)c2ccccc2C2(c3ccc(N(c4cccc(C(F)(F)F)c4)c4cccc5c4sc4c(C(F)(F)F)cccc45)cc3-c3cc(N(c4cccc(C(F)(F)F)c4)c4cccc5c4sc4c(C(F)(F)F)cccc45)ccc32)c2ccccc21. The first-order valence-corrected chi connectivity index (χ1v) is 28.1. The van der Waals surface area contributed by atoms with Crippen LogP contribution in [0, 0.1) is 0 Å². The molecule has 2 nitrogen and oxygen atoms in total. The van der Waals surface area contributed by atoms with Gasteiger partial charge in [0, 0.05) is 59.1 Å². The van der Waals surface area contributed by atoms with Crippen molar-refractivity contribution in [3.05, 3.63) is 262 Å². The summed E-state index contributed by atoms with van der Waals surface area (Å²) >= 11 is 1.76. The van der Waals surface area contributed by atoms with Gasteiger partial charge in [-0.05, 0) is 129 Å². The second kappa shape index (κ2) is 18.4. The molecule has 2 heterocycles. The van der Waals surface area contributed by atoms with Crippen LogP contribution in [0.25, 0.3) is 51.5 Å². The highest BCUT2D eigenvalue weighted by Crippen LogP contribution is 2.64. The van der Waals surface area contributed by atoms with Crippen LogP contribution in [-0.2, 0) is 35.5 Å². The Balaban J connectivity index is 1.08. The molecule has 0 fully saturated rings. The van der Waals surface area contributed by atoms with Crippen LogP contribution < -0.4 is 9.80 Å². The molecule has 0 saturated heterocycles. The normalized spacial score (nSPS) is 14.5. The second-order valence-electron chi connectivity index (χ2n) is 21.6. The van der Waals surface area contributed by atoms with Crippen molar-refractivity contribution in [3.63, 3.8) is 0 Å². The van der Waals surface area contributed by atoms with Gasteiger partial charge < -0.3 is 9.80 Å². The van der Waals surface area contributed by atoms with Gasteiger partial charge in [-0.15, -0.1) is 22.7 Å². The van der Waals surface area contributed by atoms with Crippen LogP contribution in [-0.4, -0.2) is 0 Å². The van der Waals surface area contributed by atoms with Gasteiger partial charge in [-0.2, -0.15) is 52.7 Å². The number of nitrogens with zero attached hydrogens (tertiary/aromatic N) is 2. The summed E-state index contributed by atoms with van der Waals surface area (Å²) < 4.78 is 178. The lowest BCUT2D eigenvalue weighted by Gasteiger charge is -2.46. The molecule has 14 rings (SSSR count). The first kappa shape index (κ1) is 53.4. The molecule has 16 heteroatoms. The van der Waals surface area contributed by atoms with Crippen molar-refractivity contribution >= 4 is 97.1 Å². The van der Waals surface area contributed by atoms with Crippen LogP contribution >= 0.6 is 22.7 Å². The maximum Gasteiger partial charge on any atom is 0.417 e. The molecule has 418 valence electrons. The van der Waals surface area contributed by atoms with Gasteiger partial charge in [0.15, 0.2) is 0 Å². The Morgan fingerprint density at radius 2 is 0.655 bits per heavy atom. The minimum absolute atomic E-state index is 0.0448. The standard InChI is InChI=1S/C68H40F12N2S2/c1-63(2)51-21-3-5-23-53(51)64(54-24-6-4-22-52(54)63)49-31-29-41(81(39-15-7-13-37(33-39)65(69,70)71)57-27-11-19-45-43-17-9-25-55(67(75,76)77)59(43)83-61(45)57)35-47(49)48-36-42(30-32-50(48)64)82(40-16-8-14-38(34-40)66(72,73)74)58-28-12-20-46-44-18-10-26-56(68(78,79)80)60(44)84-62(46)58/h3-36H,1-2H3. The van der Waals surface area contributed by atoms with E-state index in [2.05, 4.69) is 38.1 Å². The van der Waals surface area contributed by atoms with E-state index >= 15 is 0 Å². The molecule has 0 amide bonds. The van der Waals surface area contributed by atoms with Gasteiger partial charge >= 0.3 is 24.7 Å². The van der Waals surface area contributed by atoms with Gasteiger partial charge in [0.05, 0.1) is 48.4 Å². The zero-order valence-corrected chi connectivity index (χ0v) is 45.5.